The number of halogens is 1. The summed E-state index contributed by atoms with van der Waals surface area (Å²) < 4.78 is 1.21. The quantitative estimate of drug-likeness (QED) is 0.744. The van der Waals surface area contributed by atoms with E-state index in [1.807, 2.05) is 0 Å². The summed E-state index contributed by atoms with van der Waals surface area (Å²) in [5, 5.41) is 0. The van der Waals surface area contributed by atoms with Gasteiger partial charge in [0.2, 0.25) is 0 Å². The molecular weight excluding hydrogens is 262 g/mol. The molecule has 0 amide bonds. The van der Waals surface area contributed by atoms with Gasteiger partial charge >= 0.3 is 0 Å². The summed E-state index contributed by atoms with van der Waals surface area (Å²) in [6.07, 6.45) is 0. The average molecular weight is 282 g/mol. The third-order valence-corrected chi connectivity index (χ3v) is 4.22. The fourth-order valence-electron chi connectivity index (χ4n) is 2.09. The van der Waals surface area contributed by atoms with Gasteiger partial charge in [-0.15, -0.1) is 0 Å². The SMILES string of the molecule is Cc1ccc(Br)c(N2CC(C(C)(C)C)C2)c1. The van der Waals surface area contributed by atoms with Crippen molar-refractivity contribution in [3.05, 3.63) is 28.2 Å². The predicted molar refractivity (Wildman–Crippen MR) is 74.0 cm³/mol. The summed E-state index contributed by atoms with van der Waals surface area (Å²) in [6, 6.07) is 6.56. The van der Waals surface area contributed by atoms with Crippen molar-refractivity contribution in [3.8, 4) is 0 Å². The number of nitrogens with zero attached hydrogens (tertiary/aromatic N) is 1. The van der Waals surface area contributed by atoms with Crippen LogP contribution in [0, 0.1) is 18.3 Å². The molecule has 16 heavy (non-hydrogen) atoms. The van der Waals surface area contributed by atoms with Crippen LogP contribution in [0.1, 0.15) is 26.3 Å². The molecule has 0 aliphatic carbocycles. The van der Waals surface area contributed by atoms with Gasteiger partial charge in [0.15, 0.2) is 0 Å². The molecule has 1 nitrogen and oxygen atoms in total. The van der Waals surface area contributed by atoms with Gasteiger partial charge in [0, 0.05) is 17.6 Å². The number of anilines is 1. The normalized spacial score (nSPS) is 17.4. The molecule has 0 spiro atoms. The molecule has 0 saturated carbocycles. The lowest BCUT2D eigenvalue weighted by atomic mass is 9.76. The molecule has 0 N–H and O–H groups in total. The van der Waals surface area contributed by atoms with Crippen molar-refractivity contribution < 1.29 is 0 Å². The van der Waals surface area contributed by atoms with Crippen LogP contribution in [0.25, 0.3) is 0 Å². The highest BCUT2D eigenvalue weighted by molar-refractivity contribution is 9.10. The lowest BCUT2D eigenvalue weighted by Gasteiger charge is -2.48. The van der Waals surface area contributed by atoms with Crippen molar-refractivity contribution in [2.24, 2.45) is 11.3 Å². The molecule has 88 valence electrons. The van der Waals surface area contributed by atoms with Gasteiger partial charge in [0.05, 0.1) is 5.69 Å². The van der Waals surface area contributed by atoms with Crippen LogP contribution in [-0.2, 0) is 0 Å². The first-order chi connectivity index (χ1) is 7.38. The molecule has 1 aliphatic rings. The molecule has 2 rings (SSSR count). The third-order valence-electron chi connectivity index (χ3n) is 3.55. The Hall–Kier alpha value is -0.500. The van der Waals surface area contributed by atoms with Crippen LogP contribution in [0.3, 0.4) is 0 Å². The Morgan fingerprint density at radius 1 is 1.25 bits per heavy atom. The maximum atomic E-state index is 3.63. The third kappa shape index (κ3) is 2.27. The smallest absolute Gasteiger partial charge is 0.0513 e. The first-order valence-electron chi connectivity index (χ1n) is 5.89. The van der Waals surface area contributed by atoms with Gasteiger partial charge in [-0.3, -0.25) is 0 Å². The van der Waals surface area contributed by atoms with Crippen LogP contribution in [0.15, 0.2) is 22.7 Å². The van der Waals surface area contributed by atoms with Gasteiger partial charge in [-0.05, 0) is 51.9 Å². The van der Waals surface area contributed by atoms with Gasteiger partial charge in [-0.2, -0.15) is 0 Å². The van der Waals surface area contributed by atoms with E-state index in [1.54, 1.807) is 0 Å². The van der Waals surface area contributed by atoms with Crippen LogP contribution in [0.2, 0.25) is 0 Å². The van der Waals surface area contributed by atoms with E-state index in [0.29, 0.717) is 5.41 Å². The van der Waals surface area contributed by atoms with Crippen LogP contribution >= 0.6 is 15.9 Å². The van der Waals surface area contributed by atoms with E-state index < -0.39 is 0 Å². The Morgan fingerprint density at radius 3 is 2.44 bits per heavy atom. The van der Waals surface area contributed by atoms with E-state index in [-0.39, 0.29) is 0 Å². The average Bonchev–Trinajstić information content (AvgIpc) is 2.06. The summed E-state index contributed by atoms with van der Waals surface area (Å²) in [6.45, 7) is 11.5. The number of benzene rings is 1. The van der Waals surface area contributed by atoms with Gasteiger partial charge in [-0.1, -0.05) is 26.8 Å². The first kappa shape index (κ1) is 12.0. The van der Waals surface area contributed by atoms with Crippen molar-refractivity contribution in [3.63, 3.8) is 0 Å². The zero-order valence-corrected chi connectivity index (χ0v) is 12.1. The number of rotatable bonds is 1. The van der Waals surface area contributed by atoms with E-state index in [2.05, 4.69) is 66.7 Å². The van der Waals surface area contributed by atoms with Crippen LogP contribution in [0.5, 0.6) is 0 Å². The highest BCUT2D eigenvalue weighted by atomic mass is 79.9. The fraction of sp³-hybridized carbons (Fsp3) is 0.571. The van der Waals surface area contributed by atoms with E-state index in [4.69, 9.17) is 0 Å². The van der Waals surface area contributed by atoms with E-state index in [1.165, 1.54) is 28.8 Å². The molecule has 1 fully saturated rings. The van der Waals surface area contributed by atoms with Crippen LogP contribution in [-0.4, -0.2) is 13.1 Å². The summed E-state index contributed by atoms with van der Waals surface area (Å²) in [5.41, 5.74) is 3.12. The molecule has 1 saturated heterocycles. The molecule has 1 aromatic rings. The second kappa shape index (κ2) is 4.06. The van der Waals surface area contributed by atoms with Crippen molar-refractivity contribution >= 4 is 21.6 Å². The second-order valence-corrected chi connectivity index (χ2v) is 6.78. The Balaban J connectivity index is 2.09. The summed E-state index contributed by atoms with van der Waals surface area (Å²) in [5.74, 6) is 0.819. The topological polar surface area (TPSA) is 3.24 Å². The molecule has 0 unspecified atom stereocenters. The minimum Gasteiger partial charge on any atom is -0.370 e. The fourth-order valence-corrected chi connectivity index (χ4v) is 2.59. The van der Waals surface area contributed by atoms with Gasteiger partial charge < -0.3 is 4.90 Å². The Morgan fingerprint density at radius 2 is 1.88 bits per heavy atom. The van der Waals surface area contributed by atoms with Crippen molar-refractivity contribution in [1.82, 2.24) is 0 Å². The highest BCUT2D eigenvalue weighted by Crippen LogP contribution is 2.39. The number of hydrogen-bond acceptors (Lipinski definition) is 1. The molecule has 0 radical (unpaired) electrons. The monoisotopic (exact) mass is 281 g/mol. The van der Waals surface area contributed by atoms with Crippen LogP contribution in [0.4, 0.5) is 5.69 Å². The Labute approximate surface area is 107 Å². The van der Waals surface area contributed by atoms with Gasteiger partial charge in [0.25, 0.3) is 0 Å². The molecule has 0 atom stereocenters. The second-order valence-electron chi connectivity index (χ2n) is 5.92. The Bertz CT molecular complexity index is 386. The maximum Gasteiger partial charge on any atom is 0.0513 e. The first-order valence-corrected chi connectivity index (χ1v) is 6.68. The van der Waals surface area contributed by atoms with Crippen molar-refractivity contribution in [2.75, 3.05) is 18.0 Å². The van der Waals surface area contributed by atoms with Crippen molar-refractivity contribution in [2.45, 2.75) is 27.7 Å². The van der Waals surface area contributed by atoms with Crippen molar-refractivity contribution in [1.29, 1.82) is 0 Å². The lowest BCUT2D eigenvalue weighted by molar-refractivity contribution is 0.195. The molecule has 1 aliphatic heterocycles. The summed E-state index contributed by atoms with van der Waals surface area (Å²) >= 11 is 3.63. The molecule has 1 aromatic carbocycles. The minimum atomic E-state index is 0.437. The zero-order valence-electron chi connectivity index (χ0n) is 10.5. The van der Waals surface area contributed by atoms with Gasteiger partial charge in [-0.25, -0.2) is 0 Å². The number of aryl methyl sites for hydroxylation is 1. The van der Waals surface area contributed by atoms with Gasteiger partial charge in [0.1, 0.15) is 0 Å². The Kier molecular flexibility index (Phi) is 3.04. The van der Waals surface area contributed by atoms with E-state index in [9.17, 15) is 0 Å². The van der Waals surface area contributed by atoms with E-state index >= 15 is 0 Å². The van der Waals surface area contributed by atoms with E-state index in [0.717, 1.165) is 5.92 Å². The largest absolute Gasteiger partial charge is 0.370 e. The lowest BCUT2D eigenvalue weighted by Crippen LogP contribution is -2.52. The zero-order chi connectivity index (χ0) is 11.9. The number of hydrogen-bond donors (Lipinski definition) is 0. The molecule has 1 heterocycles. The van der Waals surface area contributed by atoms with Crippen LogP contribution < -0.4 is 4.90 Å². The molecular formula is C14H20BrN. The summed E-state index contributed by atoms with van der Waals surface area (Å²) in [7, 11) is 0. The molecule has 2 heteroatoms. The maximum absolute atomic E-state index is 3.63. The molecule has 0 aromatic heterocycles. The predicted octanol–water partition coefficient (Wildman–Crippen LogP) is 4.24. The summed E-state index contributed by atoms with van der Waals surface area (Å²) in [4.78, 5) is 2.47. The molecule has 0 bridgehead atoms. The highest BCUT2D eigenvalue weighted by Gasteiger charge is 2.36. The standard InChI is InChI=1S/C14H20BrN/c1-10-5-6-12(15)13(7-10)16-8-11(9-16)14(2,3)4/h5-7,11H,8-9H2,1-4H3. The minimum absolute atomic E-state index is 0.437.